The van der Waals surface area contributed by atoms with Gasteiger partial charge in [0.25, 0.3) is 0 Å². The van der Waals surface area contributed by atoms with E-state index >= 15 is 0 Å². The van der Waals surface area contributed by atoms with Gasteiger partial charge in [-0.05, 0) is 59.7 Å². The van der Waals surface area contributed by atoms with Crippen LogP contribution in [0.3, 0.4) is 0 Å². The molecule has 3 aromatic rings. The van der Waals surface area contributed by atoms with Crippen molar-refractivity contribution >= 4 is 0 Å². The smallest absolute Gasteiger partial charge is 0.161 e. The molecule has 0 saturated carbocycles. The molecule has 0 radical (unpaired) electrons. The van der Waals surface area contributed by atoms with Gasteiger partial charge in [-0.25, -0.2) is 0 Å². The van der Waals surface area contributed by atoms with Crippen molar-refractivity contribution in [1.82, 2.24) is 0 Å². The molecular formula is C26H30NO4+. The molecule has 5 nitrogen and oxygen atoms in total. The summed E-state index contributed by atoms with van der Waals surface area (Å²) in [7, 11) is 5.65. The van der Waals surface area contributed by atoms with Crippen molar-refractivity contribution in [2.45, 2.75) is 25.4 Å². The number of ether oxygens (including phenoxy) is 2. The number of likely N-dealkylation sites (N-methyl/N-ethyl adjacent to an activating group) is 1. The Hall–Kier alpha value is -3.18. The first kappa shape index (κ1) is 21.1. The summed E-state index contributed by atoms with van der Waals surface area (Å²) >= 11 is 0. The van der Waals surface area contributed by atoms with Crippen molar-refractivity contribution in [3.63, 3.8) is 0 Å². The first-order valence-electron chi connectivity index (χ1n) is 10.6. The number of fused-ring (bicyclic) bond motifs is 1. The topological polar surface area (TPSA) is 58.9 Å². The van der Waals surface area contributed by atoms with Crippen LogP contribution in [0.5, 0.6) is 23.0 Å². The van der Waals surface area contributed by atoms with E-state index in [0.29, 0.717) is 0 Å². The molecule has 4 rings (SSSR count). The highest BCUT2D eigenvalue weighted by molar-refractivity contribution is 5.49. The molecule has 5 heteroatoms. The van der Waals surface area contributed by atoms with Gasteiger partial charge >= 0.3 is 0 Å². The van der Waals surface area contributed by atoms with Gasteiger partial charge in [-0.15, -0.1) is 0 Å². The predicted octanol–water partition coefficient (Wildman–Crippen LogP) is 4.60. The van der Waals surface area contributed by atoms with E-state index in [-0.39, 0.29) is 17.5 Å². The molecular weight excluding hydrogens is 390 g/mol. The van der Waals surface area contributed by atoms with E-state index in [1.165, 1.54) is 22.3 Å². The number of nitrogens with zero attached hydrogens (tertiary/aromatic N) is 1. The second-order valence-corrected chi connectivity index (χ2v) is 8.57. The molecule has 31 heavy (non-hydrogen) atoms. The van der Waals surface area contributed by atoms with E-state index in [9.17, 15) is 10.2 Å². The number of benzene rings is 3. The molecule has 1 heterocycles. The number of methoxy groups -OCH3 is 2. The minimum absolute atomic E-state index is 0.210. The molecule has 2 atom stereocenters. The van der Waals surface area contributed by atoms with Gasteiger partial charge in [0, 0.05) is 24.0 Å². The second kappa shape index (κ2) is 8.52. The normalized spacial score (nSPS) is 20.2. The summed E-state index contributed by atoms with van der Waals surface area (Å²) in [4.78, 5) is 0. The maximum absolute atomic E-state index is 9.71. The lowest BCUT2D eigenvalue weighted by Crippen LogP contribution is -2.51. The highest BCUT2D eigenvalue weighted by Crippen LogP contribution is 2.43. The lowest BCUT2D eigenvalue weighted by molar-refractivity contribution is -0.954. The van der Waals surface area contributed by atoms with E-state index in [1.54, 1.807) is 38.5 Å². The van der Waals surface area contributed by atoms with Crippen LogP contribution in [0.25, 0.3) is 0 Å². The monoisotopic (exact) mass is 420 g/mol. The van der Waals surface area contributed by atoms with Crippen LogP contribution in [0, 0.1) is 0 Å². The maximum atomic E-state index is 9.71. The van der Waals surface area contributed by atoms with Gasteiger partial charge in [-0.1, -0.05) is 12.1 Å². The van der Waals surface area contributed by atoms with Crippen molar-refractivity contribution < 1.29 is 24.2 Å². The van der Waals surface area contributed by atoms with Crippen molar-refractivity contribution in [3.05, 3.63) is 82.9 Å². The fraction of sp³-hybridized carbons (Fsp3) is 0.308. The zero-order chi connectivity index (χ0) is 22.0. The molecule has 0 aromatic heterocycles. The van der Waals surface area contributed by atoms with Gasteiger partial charge < -0.3 is 24.2 Å². The zero-order valence-corrected chi connectivity index (χ0v) is 18.3. The van der Waals surface area contributed by atoms with Crippen molar-refractivity contribution in [3.8, 4) is 23.0 Å². The Balaban J connectivity index is 1.77. The molecule has 0 aliphatic carbocycles. The van der Waals surface area contributed by atoms with Crippen LogP contribution in [-0.2, 0) is 19.4 Å². The summed E-state index contributed by atoms with van der Waals surface area (Å²) < 4.78 is 12.0. The molecule has 0 fully saturated rings. The SMILES string of the molecule is COc1cc2c(cc1OC)[C@@H](Cc1ccc(O)cc1)[N@@+](C)(Cc1ccc(O)cc1)CC2. The van der Waals surface area contributed by atoms with Gasteiger partial charge in [0.15, 0.2) is 11.5 Å². The standard InChI is InChI=1S/C26H29NO4/c1-27(17-19-6-10-22(29)11-7-19)13-12-20-15-25(30-2)26(31-3)16-23(20)24(27)14-18-4-8-21(28)9-5-18/h4-11,15-16,24H,12-14,17H2,1-3H3,(H-,28,29)/p+1/t24-,27-/m1/s1. The minimum atomic E-state index is 0.210. The summed E-state index contributed by atoms with van der Waals surface area (Å²) in [5.41, 5.74) is 4.95. The van der Waals surface area contributed by atoms with Crippen LogP contribution in [0.2, 0.25) is 0 Å². The second-order valence-electron chi connectivity index (χ2n) is 8.57. The Bertz CT molecular complexity index is 1050. The first-order valence-corrected chi connectivity index (χ1v) is 10.6. The summed E-state index contributed by atoms with van der Waals surface area (Å²) in [6, 6.07) is 19.4. The minimum Gasteiger partial charge on any atom is -0.508 e. The Kier molecular flexibility index (Phi) is 5.79. The van der Waals surface area contributed by atoms with Crippen molar-refractivity contribution in [1.29, 1.82) is 0 Å². The largest absolute Gasteiger partial charge is 0.508 e. The third-order valence-electron chi connectivity index (χ3n) is 6.49. The Morgan fingerprint density at radius 3 is 1.97 bits per heavy atom. The average molecular weight is 421 g/mol. The molecule has 0 amide bonds. The third-order valence-corrected chi connectivity index (χ3v) is 6.49. The van der Waals surface area contributed by atoms with Crippen LogP contribution < -0.4 is 9.47 Å². The van der Waals surface area contributed by atoms with Gasteiger partial charge in [-0.3, -0.25) is 0 Å². The molecule has 0 unspecified atom stereocenters. The van der Waals surface area contributed by atoms with E-state index in [0.717, 1.165) is 41.9 Å². The predicted molar refractivity (Wildman–Crippen MR) is 121 cm³/mol. The number of hydrogen-bond donors (Lipinski definition) is 2. The molecule has 162 valence electrons. The number of quaternary nitrogens is 1. The molecule has 1 aliphatic rings. The molecule has 3 aromatic carbocycles. The van der Waals surface area contributed by atoms with Crippen molar-refractivity contribution in [2.75, 3.05) is 27.8 Å². The number of phenolic OH excluding ortho intramolecular Hbond substituents is 2. The zero-order valence-electron chi connectivity index (χ0n) is 18.3. The number of aromatic hydroxyl groups is 2. The van der Waals surface area contributed by atoms with Gasteiger partial charge in [0.2, 0.25) is 0 Å². The quantitative estimate of drug-likeness (QED) is 0.572. The molecule has 0 saturated heterocycles. The highest BCUT2D eigenvalue weighted by atomic mass is 16.5. The molecule has 0 spiro atoms. The van der Waals surface area contributed by atoms with Gasteiger partial charge in [0.1, 0.15) is 24.1 Å². The summed E-state index contributed by atoms with van der Waals surface area (Å²) in [5, 5.41) is 19.4. The van der Waals surface area contributed by atoms with Crippen LogP contribution >= 0.6 is 0 Å². The van der Waals surface area contributed by atoms with E-state index in [2.05, 4.69) is 19.2 Å². The molecule has 0 bridgehead atoms. The van der Waals surface area contributed by atoms with E-state index < -0.39 is 0 Å². The van der Waals surface area contributed by atoms with E-state index in [1.807, 2.05) is 24.3 Å². The Labute approximate surface area is 183 Å². The Morgan fingerprint density at radius 2 is 1.39 bits per heavy atom. The summed E-state index contributed by atoms with van der Waals surface area (Å²) in [6.45, 7) is 1.85. The lowest BCUT2D eigenvalue weighted by atomic mass is 9.86. The summed E-state index contributed by atoms with van der Waals surface area (Å²) in [6.07, 6.45) is 1.80. The third kappa shape index (κ3) is 4.32. The van der Waals surface area contributed by atoms with E-state index in [4.69, 9.17) is 9.47 Å². The van der Waals surface area contributed by atoms with Crippen LogP contribution in [0.4, 0.5) is 0 Å². The fourth-order valence-corrected chi connectivity index (χ4v) is 4.72. The van der Waals surface area contributed by atoms with Gasteiger partial charge in [-0.2, -0.15) is 0 Å². The van der Waals surface area contributed by atoms with Crippen LogP contribution in [0.1, 0.15) is 28.3 Å². The summed E-state index contributed by atoms with van der Waals surface area (Å²) in [5.74, 6) is 2.07. The molecule has 1 aliphatic heterocycles. The number of phenols is 2. The number of hydrogen-bond acceptors (Lipinski definition) is 4. The fourth-order valence-electron chi connectivity index (χ4n) is 4.72. The Morgan fingerprint density at radius 1 is 0.839 bits per heavy atom. The number of rotatable bonds is 6. The van der Waals surface area contributed by atoms with Crippen LogP contribution in [0.15, 0.2) is 60.7 Å². The highest BCUT2D eigenvalue weighted by Gasteiger charge is 2.40. The molecule has 2 N–H and O–H groups in total. The maximum Gasteiger partial charge on any atom is 0.161 e. The lowest BCUT2D eigenvalue weighted by Gasteiger charge is -2.46. The van der Waals surface area contributed by atoms with Crippen molar-refractivity contribution in [2.24, 2.45) is 0 Å². The van der Waals surface area contributed by atoms with Crippen LogP contribution in [-0.4, -0.2) is 42.5 Å². The first-order chi connectivity index (χ1) is 14.9. The van der Waals surface area contributed by atoms with Gasteiger partial charge in [0.05, 0.1) is 27.8 Å². The average Bonchev–Trinajstić information content (AvgIpc) is 2.78.